The van der Waals surface area contributed by atoms with Gasteiger partial charge in [-0.05, 0) is 18.2 Å². The van der Waals surface area contributed by atoms with E-state index in [1.54, 1.807) is 0 Å². The Bertz CT molecular complexity index is 802. The molecule has 1 atom stereocenters. The summed E-state index contributed by atoms with van der Waals surface area (Å²) < 4.78 is 61.3. The van der Waals surface area contributed by atoms with Crippen LogP contribution in [0.5, 0.6) is 0 Å². The fourth-order valence-corrected chi connectivity index (χ4v) is 3.52. The SMILES string of the molecule is O=C(Nc1ccc(Cl)c(C(F)(F)F)c1)C(=O)[C@H]1C=CCS1(=O)=O. The molecule has 0 aromatic heterocycles. The molecule has 0 fully saturated rings. The Morgan fingerprint density at radius 2 is 1.91 bits per heavy atom. The first-order chi connectivity index (χ1) is 10.5. The molecule has 23 heavy (non-hydrogen) atoms. The van der Waals surface area contributed by atoms with E-state index in [1.807, 2.05) is 5.32 Å². The van der Waals surface area contributed by atoms with Gasteiger partial charge in [0.05, 0.1) is 16.3 Å². The van der Waals surface area contributed by atoms with Crippen molar-refractivity contribution < 1.29 is 31.2 Å². The maximum atomic E-state index is 12.7. The van der Waals surface area contributed by atoms with Crippen molar-refractivity contribution in [2.45, 2.75) is 11.4 Å². The van der Waals surface area contributed by atoms with Crippen LogP contribution in [0.3, 0.4) is 0 Å². The topological polar surface area (TPSA) is 80.3 Å². The largest absolute Gasteiger partial charge is 0.417 e. The van der Waals surface area contributed by atoms with E-state index >= 15 is 0 Å². The van der Waals surface area contributed by atoms with Crippen molar-refractivity contribution in [3.8, 4) is 0 Å². The van der Waals surface area contributed by atoms with Crippen LogP contribution in [0.25, 0.3) is 0 Å². The molecule has 1 aliphatic rings. The molecule has 124 valence electrons. The number of hydrogen-bond acceptors (Lipinski definition) is 4. The van der Waals surface area contributed by atoms with Crippen LogP contribution in [0.4, 0.5) is 18.9 Å². The second kappa shape index (κ2) is 5.97. The summed E-state index contributed by atoms with van der Waals surface area (Å²) in [5.41, 5.74) is -1.50. The Kier molecular flexibility index (Phi) is 4.54. The molecule has 0 aliphatic carbocycles. The Labute approximate surface area is 134 Å². The van der Waals surface area contributed by atoms with Crippen molar-refractivity contribution in [1.82, 2.24) is 0 Å². The molecule has 1 N–H and O–H groups in total. The molecule has 0 unspecified atom stereocenters. The smallest absolute Gasteiger partial charge is 0.319 e. The summed E-state index contributed by atoms with van der Waals surface area (Å²) in [6.45, 7) is 0. The zero-order valence-electron chi connectivity index (χ0n) is 11.2. The van der Waals surface area contributed by atoms with Gasteiger partial charge in [0.15, 0.2) is 9.84 Å². The number of rotatable bonds is 3. The van der Waals surface area contributed by atoms with Gasteiger partial charge in [-0.1, -0.05) is 23.8 Å². The lowest BCUT2D eigenvalue weighted by Crippen LogP contribution is -2.36. The van der Waals surface area contributed by atoms with Crippen molar-refractivity contribution in [3.63, 3.8) is 0 Å². The van der Waals surface area contributed by atoms with Gasteiger partial charge in [-0.25, -0.2) is 8.42 Å². The van der Waals surface area contributed by atoms with E-state index in [4.69, 9.17) is 11.6 Å². The van der Waals surface area contributed by atoms with Gasteiger partial charge < -0.3 is 5.32 Å². The minimum atomic E-state index is -4.74. The molecule has 0 bridgehead atoms. The van der Waals surface area contributed by atoms with Gasteiger partial charge >= 0.3 is 6.18 Å². The average Bonchev–Trinajstić information content (AvgIpc) is 2.78. The van der Waals surface area contributed by atoms with Gasteiger partial charge in [-0.15, -0.1) is 0 Å². The lowest BCUT2D eigenvalue weighted by molar-refractivity contribution is -0.137. The quantitative estimate of drug-likeness (QED) is 0.656. The average molecular weight is 368 g/mol. The van der Waals surface area contributed by atoms with Gasteiger partial charge in [-0.3, -0.25) is 9.59 Å². The number of hydrogen-bond donors (Lipinski definition) is 1. The van der Waals surface area contributed by atoms with Crippen molar-refractivity contribution in [1.29, 1.82) is 0 Å². The van der Waals surface area contributed by atoms with Crippen LogP contribution >= 0.6 is 11.6 Å². The van der Waals surface area contributed by atoms with Crippen LogP contribution < -0.4 is 5.32 Å². The number of ketones is 1. The number of nitrogens with one attached hydrogen (secondary N) is 1. The summed E-state index contributed by atoms with van der Waals surface area (Å²) in [5, 5.41) is -0.230. The molecular formula is C13H9ClF3NO4S. The Hall–Kier alpha value is -1.87. The van der Waals surface area contributed by atoms with E-state index in [2.05, 4.69) is 0 Å². The molecule has 5 nitrogen and oxygen atoms in total. The van der Waals surface area contributed by atoms with Gasteiger partial charge in [0.1, 0.15) is 5.25 Å². The van der Waals surface area contributed by atoms with Crippen molar-refractivity contribution in [2.24, 2.45) is 0 Å². The second-order valence-corrected chi connectivity index (χ2v) is 7.26. The Morgan fingerprint density at radius 1 is 1.26 bits per heavy atom. The zero-order valence-corrected chi connectivity index (χ0v) is 12.8. The predicted molar refractivity (Wildman–Crippen MR) is 76.8 cm³/mol. The van der Waals surface area contributed by atoms with Gasteiger partial charge in [0.2, 0.25) is 5.78 Å². The molecule has 1 aromatic carbocycles. The standard InChI is InChI=1S/C13H9ClF3NO4S/c14-9-4-3-7(6-8(9)13(15,16)17)18-12(20)11(19)10-2-1-5-23(10,21)22/h1-4,6,10H,5H2,(H,18,20)/t10-/m1/s1. The summed E-state index contributed by atoms with van der Waals surface area (Å²) in [7, 11) is -3.78. The molecule has 0 radical (unpaired) electrons. The van der Waals surface area contributed by atoms with Crippen molar-refractivity contribution in [2.75, 3.05) is 11.1 Å². The first-order valence-electron chi connectivity index (χ1n) is 6.12. The highest BCUT2D eigenvalue weighted by molar-refractivity contribution is 7.93. The fraction of sp³-hybridized carbons (Fsp3) is 0.231. The van der Waals surface area contributed by atoms with Crippen LogP contribution in [0.15, 0.2) is 30.4 Å². The second-order valence-electron chi connectivity index (χ2n) is 4.69. The lowest BCUT2D eigenvalue weighted by atomic mass is 10.2. The predicted octanol–water partition coefficient (Wildman–Crippen LogP) is 2.22. The van der Waals surface area contributed by atoms with E-state index in [0.717, 1.165) is 18.2 Å². The number of Topliss-reactive ketones (excluding diaryl/α,β-unsaturated/α-hetero) is 1. The third-order valence-corrected chi connectivity index (χ3v) is 5.17. The fourth-order valence-electron chi connectivity index (χ4n) is 1.93. The number of alkyl halides is 3. The summed E-state index contributed by atoms with van der Waals surface area (Å²) >= 11 is 5.43. The molecular weight excluding hydrogens is 359 g/mol. The van der Waals surface area contributed by atoms with Crippen LogP contribution in [-0.2, 0) is 25.6 Å². The molecule has 1 aromatic rings. The summed E-state index contributed by atoms with van der Waals surface area (Å²) in [6, 6.07) is 2.55. The Balaban J connectivity index is 2.21. The van der Waals surface area contributed by atoms with Crippen LogP contribution in [0.2, 0.25) is 5.02 Å². The van der Waals surface area contributed by atoms with E-state index in [9.17, 15) is 31.2 Å². The first-order valence-corrected chi connectivity index (χ1v) is 8.22. The van der Waals surface area contributed by atoms with E-state index in [-0.39, 0.29) is 11.4 Å². The minimum Gasteiger partial charge on any atom is -0.319 e. The summed E-state index contributed by atoms with van der Waals surface area (Å²) in [5.74, 6) is -2.95. The molecule has 10 heteroatoms. The zero-order chi connectivity index (χ0) is 17.4. The van der Waals surface area contributed by atoms with Crippen molar-refractivity contribution in [3.05, 3.63) is 40.9 Å². The van der Waals surface area contributed by atoms with Gasteiger partial charge in [0.25, 0.3) is 5.91 Å². The van der Waals surface area contributed by atoms with Crippen molar-refractivity contribution >= 4 is 38.8 Å². The number of benzene rings is 1. The number of anilines is 1. The van der Waals surface area contributed by atoms with Gasteiger partial charge in [0, 0.05) is 5.69 Å². The number of halogens is 4. The number of carbonyl (C=O) groups excluding carboxylic acids is 2. The monoisotopic (exact) mass is 367 g/mol. The number of carbonyl (C=O) groups is 2. The molecule has 2 rings (SSSR count). The highest BCUT2D eigenvalue weighted by Crippen LogP contribution is 2.36. The number of amides is 1. The molecule has 0 saturated carbocycles. The van der Waals surface area contributed by atoms with Gasteiger partial charge in [-0.2, -0.15) is 13.2 Å². The van der Waals surface area contributed by atoms with E-state index < -0.39 is 43.5 Å². The minimum absolute atomic E-state index is 0.320. The van der Waals surface area contributed by atoms with Crippen LogP contribution in [0, 0.1) is 0 Å². The first kappa shape index (κ1) is 17.5. The third kappa shape index (κ3) is 3.73. The lowest BCUT2D eigenvalue weighted by Gasteiger charge is -2.12. The maximum Gasteiger partial charge on any atom is 0.417 e. The summed E-state index contributed by atoms with van der Waals surface area (Å²) in [6.07, 6.45) is -2.44. The highest BCUT2D eigenvalue weighted by Gasteiger charge is 2.37. The maximum absolute atomic E-state index is 12.7. The van der Waals surface area contributed by atoms with E-state index in [1.165, 1.54) is 6.08 Å². The molecule has 0 spiro atoms. The highest BCUT2D eigenvalue weighted by atomic mass is 35.5. The summed E-state index contributed by atoms with van der Waals surface area (Å²) in [4.78, 5) is 23.6. The number of sulfone groups is 1. The van der Waals surface area contributed by atoms with E-state index in [0.29, 0.717) is 6.07 Å². The normalized spacial score (nSPS) is 19.6. The third-order valence-electron chi connectivity index (χ3n) is 3.04. The molecule has 1 heterocycles. The molecule has 1 aliphatic heterocycles. The van der Waals surface area contributed by atoms with Crippen LogP contribution in [-0.4, -0.2) is 31.1 Å². The van der Waals surface area contributed by atoms with Crippen LogP contribution in [0.1, 0.15) is 5.56 Å². The Morgan fingerprint density at radius 3 is 2.43 bits per heavy atom. The molecule has 0 saturated heterocycles. The molecule has 1 amide bonds.